The van der Waals surface area contributed by atoms with Gasteiger partial charge in [0.15, 0.2) is 0 Å². The van der Waals surface area contributed by atoms with E-state index in [1.807, 2.05) is 0 Å². The number of nitro benzene ring substituents is 2. The number of nitrogens with zero attached hydrogens (tertiary/aromatic N) is 2. The lowest BCUT2D eigenvalue weighted by atomic mass is 9.73. The van der Waals surface area contributed by atoms with Gasteiger partial charge in [-0.05, 0) is 47.5 Å². The van der Waals surface area contributed by atoms with E-state index >= 15 is 0 Å². The predicted molar refractivity (Wildman–Crippen MR) is 153 cm³/mol. The summed E-state index contributed by atoms with van der Waals surface area (Å²) in [7, 11) is 0. The highest BCUT2D eigenvalue weighted by Crippen LogP contribution is 2.56. The van der Waals surface area contributed by atoms with Crippen molar-refractivity contribution in [3.63, 3.8) is 0 Å². The standard InChI is InChI=1S/C31H16F10N2O6/c32-27(33)15-17-13-21(42(44)45)5-11-25(17)48-23-7-1-19(2-8-23)29(30(36,37)38,31(39,40)41)20-3-9-24(10-4-20)49-26-12-6-22(43(46)47)14-18(26)16-28(34)35/h1-16H. The fourth-order valence-corrected chi connectivity index (χ4v) is 4.73. The summed E-state index contributed by atoms with van der Waals surface area (Å²) >= 11 is 0. The van der Waals surface area contributed by atoms with Gasteiger partial charge >= 0.3 is 12.4 Å². The van der Waals surface area contributed by atoms with Crippen LogP contribution in [0.5, 0.6) is 23.0 Å². The summed E-state index contributed by atoms with van der Waals surface area (Å²) in [6.45, 7) is 0. The summed E-state index contributed by atoms with van der Waals surface area (Å²) in [6, 6.07) is 9.58. The molecule has 18 heteroatoms. The van der Waals surface area contributed by atoms with Crippen LogP contribution in [-0.4, -0.2) is 22.2 Å². The summed E-state index contributed by atoms with van der Waals surface area (Å²) in [4.78, 5) is 20.3. The Morgan fingerprint density at radius 2 is 0.878 bits per heavy atom. The van der Waals surface area contributed by atoms with Crippen molar-refractivity contribution < 1.29 is 63.2 Å². The molecule has 0 fully saturated rings. The quantitative estimate of drug-likeness (QED) is 0.0925. The van der Waals surface area contributed by atoms with Crippen LogP contribution in [0.2, 0.25) is 0 Å². The summed E-state index contributed by atoms with van der Waals surface area (Å²) in [5.74, 6) is -1.68. The molecular weight excluding hydrogens is 686 g/mol. The number of non-ortho nitro benzene ring substituents is 2. The van der Waals surface area contributed by atoms with Gasteiger partial charge in [-0.2, -0.15) is 43.9 Å². The highest BCUT2D eigenvalue weighted by Gasteiger charge is 2.72. The van der Waals surface area contributed by atoms with E-state index in [1.54, 1.807) is 0 Å². The van der Waals surface area contributed by atoms with Crippen LogP contribution in [0.15, 0.2) is 97.1 Å². The van der Waals surface area contributed by atoms with Crippen LogP contribution in [0.3, 0.4) is 0 Å². The maximum atomic E-state index is 14.6. The first kappa shape index (κ1) is 35.9. The topological polar surface area (TPSA) is 105 Å². The fourth-order valence-electron chi connectivity index (χ4n) is 4.73. The van der Waals surface area contributed by atoms with Crippen molar-refractivity contribution in [2.24, 2.45) is 0 Å². The molecule has 4 aromatic rings. The van der Waals surface area contributed by atoms with Gasteiger partial charge in [-0.1, -0.05) is 24.3 Å². The molecule has 0 atom stereocenters. The Balaban J connectivity index is 1.74. The zero-order valence-electron chi connectivity index (χ0n) is 23.9. The number of hydrogen-bond donors (Lipinski definition) is 0. The second-order valence-electron chi connectivity index (χ2n) is 9.82. The zero-order valence-corrected chi connectivity index (χ0v) is 23.9. The van der Waals surface area contributed by atoms with Crippen molar-refractivity contribution in [3.05, 3.63) is 140 Å². The number of halogens is 10. The van der Waals surface area contributed by atoms with E-state index in [0.717, 1.165) is 24.3 Å². The fraction of sp³-hybridized carbons (Fsp3) is 0.0968. The first-order valence-electron chi connectivity index (χ1n) is 13.2. The summed E-state index contributed by atoms with van der Waals surface area (Å²) in [6.07, 6.45) is -16.2. The van der Waals surface area contributed by atoms with Crippen molar-refractivity contribution >= 4 is 23.5 Å². The molecule has 0 aliphatic rings. The molecule has 0 aromatic heterocycles. The molecule has 0 amide bonds. The van der Waals surface area contributed by atoms with Crippen molar-refractivity contribution in [2.75, 3.05) is 0 Å². The smallest absolute Gasteiger partial charge is 0.411 e. The Labute approximate surface area is 267 Å². The molecule has 0 radical (unpaired) electrons. The number of ether oxygens (including phenoxy) is 2. The molecule has 256 valence electrons. The van der Waals surface area contributed by atoms with Gasteiger partial charge in [0.2, 0.25) is 5.41 Å². The molecule has 0 bridgehead atoms. The van der Waals surface area contributed by atoms with Gasteiger partial charge in [0.25, 0.3) is 23.5 Å². The first-order chi connectivity index (χ1) is 22.8. The Bertz CT molecular complexity index is 1790. The molecule has 49 heavy (non-hydrogen) atoms. The van der Waals surface area contributed by atoms with Crippen molar-refractivity contribution in [1.29, 1.82) is 0 Å². The molecule has 8 nitrogen and oxygen atoms in total. The number of rotatable bonds is 10. The number of hydrogen-bond acceptors (Lipinski definition) is 6. The van der Waals surface area contributed by atoms with Crippen LogP contribution in [0.1, 0.15) is 22.3 Å². The Morgan fingerprint density at radius 1 is 0.551 bits per heavy atom. The average molecular weight is 702 g/mol. The van der Waals surface area contributed by atoms with Gasteiger partial charge in [0, 0.05) is 47.5 Å². The number of benzene rings is 4. The lowest BCUT2D eigenvalue weighted by molar-refractivity contribution is -0.385. The molecule has 0 saturated carbocycles. The minimum absolute atomic E-state index is 0.209. The minimum Gasteiger partial charge on any atom is -0.457 e. The third-order valence-electron chi connectivity index (χ3n) is 6.82. The Hall–Kier alpha value is -5.94. The van der Waals surface area contributed by atoms with Gasteiger partial charge in [-0.25, -0.2) is 0 Å². The van der Waals surface area contributed by atoms with Gasteiger partial charge < -0.3 is 9.47 Å². The maximum absolute atomic E-state index is 14.6. The third kappa shape index (κ3) is 7.63. The second kappa shape index (κ2) is 13.7. The molecule has 0 N–H and O–H groups in total. The summed E-state index contributed by atoms with van der Waals surface area (Å²) < 4.78 is 150. The Kier molecular flexibility index (Phi) is 10.0. The minimum atomic E-state index is -6.03. The third-order valence-corrected chi connectivity index (χ3v) is 6.82. The molecule has 4 rings (SSSR count). The van der Waals surface area contributed by atoms with Crippen molar-refractivity contribution in [2.45, 2.75) is 17.8 Å². The highest BCUT2D eigenvalue weighted by molar-refractivity contribution is 5.63. The zero-order chi connectivity index (χ0) is 36.3. The molecule has 0 saturated heterocycles. The van der Waals surface area contributed by atoms with Gasteiger partial charge in [-0.3, -0.25) is 20.2 Å². The van der Waals surface area contributed by atoms with Crippen LogP contribution >= 0.6 is 0 Å². The van der Waals surface area contributed by atoms with E-state index in [4.69, 9.17) is 9.47 Å². The van der Waals surface area contributed by atoms with E-state index in [1.165, 1.54) is 0 Å². The van der Waals surface area contributed by atoms with Crippen LogP contribution < -0.4 is 9.47 Å². The maximum Gasteiger partial charge on any atom is 0.411 e. The van der Waals surface area contributed by atoms with E-state index in [-0.39, 0.29) is 12.2 Å². The van der Waals surface area contributed by atoms with Crippen molar-refractivity contribution in [1.82, 2.24) is 0 Å². The van der Waals surface area contributed by atoms with E-state index < -0.39 is 96.4 Å². The normalized spacial score (nSPS) is 11.8. The lowest BCUT2D eigenvalue weighted by Gasteiger charge is -2.38. The Morgan fingerprint density at radius 3 is 1.14 bits per heavy atom. The van der Waals surface area contributed by atoms with E-state index in [2.05, 4.69) is 0 Å². The molecule has 0 aliphatic carbocycles. The number of alkyl halides is 6. The molecule has 0 aliphatic heterocycles. The van der Waals surface area contributed by atoms with Crippen LogP contribution in [0.25, 0.3) is 12.2 Å². The largest absolute Gasteiger partial charge is 0.457 e. The average Bonchev–Trinajstić information content (AvgIpc) is 2.98. The van der Waals surface area contributed by atoms with E-state index in [9.17, 15) is 64.1 Å². The summed E-state index contributed by atoms with van der Waals surface area (Å²) in [5.41, 5.74) is -9.56. The molecule has 4 aromatic carbocycles. The van der Waals surface area contributed by atoms with Crippen LogP contribution in [0, 0.1) is 20.2 Å². The second-order valence-corrected chi connectivity index (χ2v) is 9.82. The van der Waals surface area contributed by atoms with Gasteiger partial charge in [0.05, 0.1) is 9.85 Å². The SMILES string of the molecule is O=[N+]([O-])c1ccc(Oc2ccc(C(c3ccc(Oc4ccc([N+](=O)[O-])cc4C=C(F)F)cc3)(C(F)(F)F)C(F)(F)F)cc2)c(C=C(F)F)c1. The monoisotopic (exact) mass is 702 g/mol. The molecule has 0 heterocycles. The molecule has 0 spiro atoms. The van der Waals surface area contributed by atoms with Gasteiger partial charge in [-0.15, -0.1) is 0 Å². The predicted octanol–water partition coefficient (Wildman–Crippen LogP) is 11.0. The number of nitro groups is 2. The molecule has 0 unspecified atom stereocenters. The van der Waals surface area contributed by atoms with Gasteiger partial charge in [0.1, 0.15) is 23.0 Å². The first-order valence-corrected chi connectivity index (χ1v) is 13.2. The van der Waals surface area contributed by atoms with Crippen molar-refractivity contribution in [3.8, 4) is 23.0 Å². The lowest BCUT2D eigenvalue weighted by Crippen LogP contribution is -2.54. The van der Waals surface area contributed by atoms with Crippen LogP contribution in [0.4, 0.5) is 55.3 Å². The van der Waals surface area contributed by atoms with Crippen LogP contribution in [-0.2, 0) is 5.41 Å². The summed E-state index contributed by atoms with van der Waals surface area (Å²) in [5, 5.41) is 22.0. The highest BCUT2D eigenvalue weighted by atomic mass is 19.4. The molecular formula is C31H16F10N2O6. The van der Waals surface area contributed by atoms with E-state index in [0.29, 0.717) is 60.7 Å².